The number of carbonyl (C=O) groups excluding carboxylic acids is 1. The number of amides is 1. The number of nitrogens with zero attached hydrogens (tertiary/aromatic N) is 6. The Morgan fingerprint density at radius 2 is 1.40 bits per heavy atom. The number of hydrogen-bond donors (Lipinski definition) is 4. The van der Waals surface area contributed by atoms with Crippen LogP contribution in [0.5, 0.6) is 11.8 Å². The van der Waals surface area contributed by atoms with Crippen LogP contribution in [0.1, 0.15) is 29.9 Å². The number of H-pyrrole nitrogens is 1. The van der Waals surface area contributed by atoms with Crippen molar-refractivity contribution in [3.63, 3.8) is 0 Å². The summed E-state index contributed by atoms with van der Waals surface area (Å²) in [6, 6.07) is 11.4. The average Bonchev–Trinajstić information content (AvgIpc) is 3.77. The third-order valence-electron chi connectivity index (χ3n) is 7.68. The van der Waals surface area contributed by atoms with Crippen molar-refractivity contribution in [1.29, 1.82) is 0 Å². The maximum Gasteiger partial charge on any atom is 0.237 e. The molecule has 1 amide bonds. The molecule has 4 N–H and O–H groups in total. The molecule has 242 valence electrons. The summed E-state index contributed by atoms with van der Waals surface area (Å²) in [6.45, 7) is 2.01. The van der Waals surface area contributed by atoms with Gasteiger partial charge in [-0.05, 0) is 6.42 Å². The molecular weight excluding hydrogens is 643 g/mol. The van der Waals surface area contributed by atoms with Gasteiger partial charge in [-0.3, -0.25) is 19.9 Å². The van der Waals surface area contributed by atoms with Gasteiger partial charge in [0.2, 0.25) is 17.7 Å². The third kappa shape index (κ3) is 7.33. The highest BCUT2D eigenvalue weighted by atomic mass is 35.5. The van der Waals surface area contributed by atoms with Gasteiger partial charge in [0.05, 0.1) is 53.7 Å². The van der Waals surface area contributed by atoms with Gasteiger partial charge in [-0.2, -0.15) is 0 Å². The van der Waals surface area contributed by atoms with Crippen LogP contribution in [0.15, 0.2) is 55.0 Å². The zero-order chi connectivity index (χ0) is 32.8. The number of aromatic nitrogens is 7. The maximum absolute atomic E-state index is 11.5. The molecule has 0 bridgehead atoms. The van der Waals surface area contributed by atoms with Crippen LogP contribution in [-0.2, 0) is 24.4 Å². The van der Waals surface area contributed by atoms with Gasteiger partial charge >= 0.3 is 0 Å². The fourth-order valence-electron chi connectivity index (χ4n) is 5.31. The first kappa shape index (κ1) is 32.3. The summed E-state index contributed by atoms with van der Waals surface area (Å²) in [5, 5.41) is 20.8. The Hall–Kier alpha value is -4.69. The number of aromatic amines is 1. The molecule has 3 aromatic heterocycles. The molecule has 47 heavy (non-hydrogen) atoms. The van der Waals surface area contributed by atoms with Crippen LogP contribution in [0, 0.1) is 0 Å². The van der Waals surface area contributed by atoms with Crippen molar-refractivity contribution in [1.82, 2.24) is 51.3 Å². The first-order valence-electron chi connectivity index (χ1n) is 14.9. The summed E-state index contributed by atoms with van der Waals surface area (Å²) >= 11 is 14.0. The monoisotopic (exact) mass is 674 g/mol. The fourth-order valence-corrected chi connectivity index (χ4v) is 5.96. The Morgan fingerprint density at radius 3 is 1.91 bits per heavy atom. The van der Waals surface area contributed by atoms with Gasteiger partial charge in [-0.25, -0.2) is 9.97 Å². The van der Waals surface area contributed by atoms with Crippen LogP contribution in [0.2, 0.25) is 10.0 Å². The second-order valence-electron chi connectivity index (χ2n) is 10.8. The molecule has 1 fully saturated rings. The summed E-state index contributed by atoms with van der Waals surface area (Å²) in [5.74, 6) is 0.850. The standard InChI is InChI=1S/C32H32Cl2N10O3/c1-46-31-26(14-35-11-18-9-10-28(45)40-18)37-16-24(41-31)22-7-3-5-20(29(22)33)21-6-4-8-23(30(21)34)25-17-38-27(32(42-25)47-2)15-36-12-19-13-39-44-43-19/h3-8,13,16-18,35-36H,9-12,14-15H2,1-2H3,(H,40,45)(H,39,43,44)/t18-/m0/s1. The van der Waals surface area contributed by atoms with E-state index in [0.29, 0.717) is 88.3 Å². The normalized spacial score (nSPS) is 14.3. The van der Waals surface area contributed by atoms with Crippen LogP contribution in [0.3, 0.4) is 0 Å². The molecule has 0 spiro atoms. The Balaban J connectivity index is 1.22. The van der Waals surface area contributed by atoms with Crippen molar-refractivity contribution >= 4 is 29.1 Å². The first-order valence-corrected chi connectivity index (χ1v) is 15.6. The SMILES string of the molecule is COc1nc(-c2cccc(-c3cccc(-c4cnc(CNC[C@@H]5CCC(=O)N5)c(OC)n4)c3Cl)c2Cl)cnc1CNCc1c[nH]nn1. The van der Waals surface area contributed by atoms with E-state index in [2.05, 4.69) is 41.3 Å². The maximum atomic E-state index is 11.5. The van der Waals surface area contributed by atoms with Crippen LogP contribution >= 0.6 is 23.2 Å². The molecule has 6 rings (SSSR count). The Kier molecular flexibility index (Phi) is 10.2. The van der Waals surface area contributed by atoms with Gasteiger partial charge in [0.1, 0.15) is 11.4 Å². The van der Waals surface area contributed by atoms with E-state index in [1.54, 1.807) is 32.8 Å². The zero-order valence-corrected chi connectivity index (χ0v) is 27.2. The number of hydrogen-bond acceptors (Lipinski definition) is 11. The van der Waals surface area contributed by atoms with E-state index in [-0.39, 0.29) is 11.9 Å². The smallest absolute Gasteiger partial charge is 0.237 e. The number of nitrogens with one attached hydrogen (secondary N) is 4. The minimum atomic E-state index is 0.0815. The summed E-state index contributed by atoms with van der Waals surface area (Å²) in [4.78, 5) is 30.1. The van der Waals surface area contributed by atoms with E-state index in [0.717, 1.165) is 23.2 Å². The van der Waals surface area contributed by atoms with E-state index in [9.17, 15) is 4.79 Å². The minimum Gasteiger partial charge on any atom is -0.480 e. The van der Waals surface area contributed by atoms with E-state index in [1.807, 2.05) is 36.4 Å². The molecule has 4 heterocycles. The van der Waals surface area contributed by atoms with Gasteiger partial charge in [-0.15, -0.1) is 5.10 Å². The lowest BCUT2D eigenvalue weighted by atomic mass is 9.98. The van der Waals surface area contributed by atoms with E-state index >= 15 is 0 Å². The summed E-state index contributed by atoms with van der Waals surface area (Å²) in [7, 11) is 3.10. The van der Waals surface area contributed by atoms with E-state index < -0.39 is 0 Å². The molecule has 5 aromatic rings. The van der Waals surface area contributed by atoms with Gasteiger partial charge in [0.25, 0.3) is 0 Å². The quantitative estimate of drug-likeness (QED) is 0.140. The number of methoxy groups -OCH3 is 2. The number of benzene rings is 2. The highest BCUT2D eigenvalue weighted by Gasteiger charge is 2.21. The molecule has 1 aliphatic heterocycles. The predicted octanol–water partition coefficient (Wildman–Crippen LogP) is 4.37. The zero-order valence-electron chi connectivity index (χ0n) is 25.7. The lowest BCUT2D eigenvalue weighted by Crippen LogP contribution is -2.35. The number of rotatable bonds is 13. The molecule has 0 saturated carbocycles. The molecule has 1 atom stereocenters. The predicted molar refractivity (Wildman–Crippen MR) is 177 cm³/mol. The third-order valence-corrected chi connectivity index (χ3v) is 8.50. The summed E-state index contributed by atoms with van der Waals surface area (Å²) in [5.41, 5.74) is 5.96. The van der Waals surface area contributed by atoms with Gasteiger partial charge in [0, 0.05) is 67.1 Å². The molecule has 0 unspecified atom stereocenters. The number of ether oxygens (including phenoxy) is 2. The Morgan fingerprint density at radius 1 is 0.830 bits per heavy atom. The second-order valence-corrected chi connectivity index (χ2v) is 11.5. The van der Waals surface area contributed by atoms with Gasteiger partial charge < -0.3 is 25.4 Å². The first-order chi connectivity index (χ1) is 22.9. The summed E-state index contributed by atoms with van der Waals surface area (Å²) < 4.78 is 11.1. The average molecular weight is 676 g/mol. The van der Waals surface area contributed by atoms with Crippen molar-refractivity contribution in [3.05, 3.63) is 82.1 Å². The lowest BCUT2D eigenvalue weighted by Gasteiger charge is -2.15. The van der Waals surface area contributed by atoms with Crippen molar-refractivity contribution in [2.75, 3.05) is 20.8 Å². The van der Waals surface area contributed by atoms with Gasteiger partial charge in [0.15, 0.2) is 0 Å². The highest BCUT2D eigenvalue weighted by molar-refractivity contribution is 6.39. The molecule has 2 aromatic carbocycles. The molecule has 0 radical (unpaired) electrons. The number of carbonyl (C=O) groups is 1. The van der Waals surface area contributed by atoms with Crippen LogP contribution in [0.25, 0.3) is 33.6 Å². The second kappa shape index (κ2) is 14.8. The molecule has 1 aliphatic rings. The van der Waals surface area contributed by atoms with E-state index in [1.165, 1.54) is 0 Å². The van der Waals surface area contributed by atoms with Crippen LogP contribution in [0.4, 0.5) is 0 Å². The largest absolute Gasteiger partial charge is 0.480 e. The minimum absolute atomic E-state index is 0.0815. The van der Waals surface area contributed by atoms with Crippen LogP contribution < -0.4 is 25.4 Å². The lowest BCUT2D eigenvalue weighted by molar-refractivity contribution is -0.119. The molecule has 0 aliphatic carbocycles. The number of halogens is 2. The molecular formula is C32H32Cl2N10O3. The molecule has 13 nitrogen and oxygen atoms in total. The van der Waals surface area contributed by atoms with Crippen LogP contribution in [-0.4, -0.2) is 68.1 Å². The van der Waals surface area contributed by atoms with Crippen molar-refractivity contribution < 1.29 is 14.3 Å². The van der Waals surface area contributed by atoms with Crippen molar-refractivity contribution in [2.24, 2.45) is 0 Å². The molecule has 15 heteroatoms. The summed E-state index contributed by atoms with van der Waals surface area (Å²) in [6.07, 6.45) is 6.43. The fraction of sp³-hybridized carbons (Fsp3) is 0.281. The van der Waals surface area contributed by atoms with Gasteiger partial charge in [-0.1, -0.05) is 64.8 Å². The van der Waals surface area contributed by atoms with Crippen molar-refractivity contribution in [2.45, 2.75) is 38.5 Å². The Bertz CT molecular complexity index is 1870. The van der Waals surface area contributed by atoms with Crippen molar-refractivity contribution in [3.8, 4) is 45.4 Å². The highest BCUT2D eigenvalue weighted by Crippen LogP contribution is 2.42. The Labute approximate surface area is 280 Å². The van der Waals surface area contributed by atoms with E-state index in [4.69, 9.17) is 42.6 Å². The topological polar surface area (TPSA) is 165 Å². The molecule has 1 saturated heterocycles.